The Morgan fingerprint density at radius 1 is 0.923 bits per heavy atom. The molecule has 0 amide bonds. The van der Waals surface area contributed by atoms with Crippen LogP contribution in [0.4, 0.5) is 5.69 Å². The van der Waals surface area contributed by atoms with Gasteiger partial charge in [0.25, 0.3) is 0 Å². The molecule has 2 rings (SSSR count). The average Bonchev–Trinajstić information content (AvgIpc) is 2.19. The zero-order valence-corrected chi connectivity index (χ0v) is 7.33. The van der Waals surface area contributed by atoms with Gasteiger partial charge in [-0.25, -0.2) is 0 Å². The zero-order chi connectivity index (χ0) is 9.26. The zero-order valence-electron chi connectivity index (χ0n) is 7.33. The molecule has 0 aliphatic rings. The van der Waals surface area contributed by atoms with E-state index in [1.807, 2.05) is 36.4 Å². The van der Waals surface area contributed by atoms with Crippen molar-refractivity contribution in [2.75, 3.05) is 5.73 Å². The summed E-state index contributed by atoms with van der Waals surface area (Å²) >= 11 is 0. The van der Waals surface area contributed by atoms with Gasteiger partial charge in [-0.2, -0.15) is 0 Å². The summed E-state index contributed by atoms with van der Waals surface area (Å²) in [6.07, 6.45) is 0. The first-order chi connectivity index (χ1) is 6.33. The van der Waals surface area contributed by atoms with E-state index in [1.54, 1.807) is 0 Å². The third-order valence-electron chi connectivity index (χ3n) is 2.27. The van der Waals surface area contributed by atoms with Gasteiger partial charge >= 0.3 is 0 Å². The third-order valence-corrected chi connectivity index (χ3v) is 2.27. The van der Waals surface area contributed by atoms with Crippen LogP contribution in [0.5, 0.6) is 0 Å². The van der Waals surface area contributed by atoms with Gasteiger partial charge in [-0.1, -0.05) is 30.3 Å². The molecule has 4 N–H and O–H groups in total. The Kier molecular flexibility index (Phi) is 1.91. The first-order valence-corrected chi connectivity index (χ1v) is 4.29. The van der Waals surface area contributed by atoms with E-state index in [2.05, 4.69) is 0 Å². The number of benzene rings is 2. The number of anilines is 1. The Labute approximate surface area is 77.2 Å². The fraction of sp³-hybridized carbons (Fsp3) is 0.0909. The van der Waals surface area contributed by atoms with Gasteiger partial charge in [-0.3, -0.25) is 0 Å². The average molecular weight is 172 g/mol. The van der Waals surface area contributed by atoms with E-state index in [-0.39, 0.29) is 0 Å². The van der Waals surface area contributed by atoms with Crippen LogP contribution in [-0.4, -0.2) is 0 Å². The smallest absolute Gasteiger partial charge is 0.0393 e. The highest BCUT2D eigenvalue weighted by Crippen LogP contribution is 2.23. The molecule has 2 aromatic carbocycles. The summed E-state index contributed by atoms with van der Waals surface area (Å²) in [7, 11) is 0. The van der Waals surface area contributed by atoms with E-state index >= 15 is 0 Å². The number of nitrogens with two attached hydrogens (primary N) is 2. The molecule has 0 saturated carbocycles. The van der Waals surface area contributed by atoms with Gasteiger partial charge in [0, 0.05) is 17.6 Å². The molecule has 0 radical (unpaired) electrons. The quantitative estimate of drug-likeness (QED) is 0.645. The van der Waals surface area contributed by atoms with Crippen molar-refractivity contribution in [3.05, 3.63) is 42.0 Å². The van der Waals surface area contributed by atoms with Crippen molar-refractivity contribution < 1.29 is 0 Å². The van der Waals surface area contributed by atoms with Crippen LogP contribution in [0.3, 0.4) is 0 Å². The molecule has 0 atom stereocenters. The molecule has 0 spiro atoms. The predicted octanol–water partition coefficient (Wildman–Crippen LogP) is 1.88. The van der Waals surface area contributed by atoms with Gasteiger partial charge in [0.15, 0.2) is 0 Å². The molecule has 0 bridgehead atoms. The maximum Gasteiger partial charge on any atom is 0.0393 e. The lowest BCUT2D eigenvalue weighted by Gasteiger charge is -2.05. The Balaban J connectivity index is 2.84. The second-order valence-corrected chi connectivity index (χ2v) is 3.06. The summed E-state index contributed by atoms with van der Waals surface area (Å²) in [4.78, 5) is 0. The molecule has 0 aromatic heterocycles. The standard InChI is InChI=1S/C11H12N2/c12-7-8-5-6-11(13)10-4-2-1-3-9(8)10/h1-6H,7,12-13H2. The highest BCUT2D eigenvalue weighted by Gasteiger charge is 2.00. The fourth-order valence-corrected chi connectivity index (χ4v) is 1.56. The molecular formula is C11H12N2. The van der Waals surface area contributed by atoms with Crippen LogP contribution >= 0.6 is 0 Å². The molecular weight excluding hydrogens is 160 g/mol. The van der Waals surface area contributed by atoms with Crippen LogP contribution in [0.1, 0.15) is 5.56 Å². The van der Waals surface area contributed by atoms with E-state index in [0.29, 0.717) is 6.54 Å². The van der Waals surface area contributed by atoms with Crippen LogP contribution in [0, 0.1) is 0 Å². The minimum Gasteiger partial charge on any atom is -0.398 e. The Bertz CT molecular complexity index is 435. The predicted molar refractivity (Wildman–Crippen MR) is 56.3 cm³/mol. The van der Waals surface area contributed by atoms with Crippen LogP contribution in [0.25, 0.3) is 10.8 Å². The SMILES string of the molecule is NCc1ccc(N)c2ccccc12. The van der Waals surface area contributed by atoms with E-state index in [9.17, 15) is 0 Å². The van der Waals surface area contributed by atoms with Crippen molar-refractivity contribution in [1.82, 2.24) is 0 Å². The topological polar surface area (TPSA) is 52.0 Å². The summed E-state index contributed by atoms with van der Waals surface area (Å²) < 4.78 is 0. The van der Waals surface area contributed by atoms with Crippen molar-refractivity contribution >= 4 is 16.5 Å². The second-order valence-electron chi connectivity index (χ2n) is 3.06. The van der Waals surface area contributed by atoms with Crippen molar-refractivity contribution in [2.24, 2.45) is 5.73 Å². The van der Waals surface area contributed by atoms with Crippen molar-refractivity contribution in [2.45, 2.75) is 6.54 Å². The molecule has 0 unspecified atom stereocenters. The summed E-state index contributed by atoms with van der Waals surface area (Å²) in [5.41, 5.74) is 13.4. The van der Waals surface area contributed by atoms with E-state index < -0.39 is 0 Å². The van der Waals surface area contributed by atoms with Gasteiger partial charge in [0.1, 0.15) is 0 Å². The Morgan fingerprint density at radius 2 is 1.62 bits per heavy atom. The Hall–Kier alpha value is -1.54. The van der Waals surface area contributed by atoms with E-state index in [0.717, 1.165) is 22.0 Å². The van der Waals surface area contributed by atoms with Gasteiger partial charge < -0.3 is 11.5 Å². The second kappa shape index (κ2) is 3.07. The molecule has 0 heterocycles. The van der Waals surface area contributed by atoms with Gasteiger partial charge in [-0.05, 0) is 17.0 Å². The lowest BCUT2D eigenvalue weighted by Crippen LogP contribution is -1.98. The van der Waals surface area contributed by atoms with E-state index in [4.69, 9.17) is 11.5 Å². The van der Waals surface area contributed by atoms with Crippen LogP contribution in [0.15, 0.2) is 36.4 Å². The molecule has 2 aromatic rings. The van der Waals surface area contributed by atoms with Crippen molar-refractivity contribution in [1.29, 1.82) is 0 Å². The summed E-state index contributed by atoms with van der Waals surface area (Å²) in [6.45, 7) is 0.556. The minimum atomic E-state index is 0.556. The fourth-order valence-electron chi connectivity index (χ4n) is 1.56. The van der Waals surface area contributed by atoms with E-state index in [1.165, 1.54) is 0 Å². The molecule has 13 heavy (non-hydrogen) atoms. The molecule has 0 aliphatic carbocycles. The summed E-state index contributed by atoms with van der Waals surface area (Å²) in [5, 5.41) is 2.25. The number of rotatable bonds is 1. The number of hydrogen-bond donors (Lipinski definition) is 2. The largest absolute Gasteiger partial charge is 0.398 e. The molecule has 2 heteroatoms. The lowest BCUT2D eigenvalue weighted by molar-refractivity contribution is 1.09. The monoisotopic (exact) mass is 172 g/mol. The number of nitrogen functional groups attached to an aromatic ring is 1. The van der Waals surface area contributed by atoms with Gasteiger partial charge in [0.2, 0.25) is 0 Å². The normalized spacial score (nSPS) is 10.5. The molecule has 66 valence electrons. The van der Waals surface area contributed by atoms with Crippen molar-refractivity contribution in [3.63, 3.8) is 0 Å². The molecule has 2 nitrogen and oxygen atoms in total. The van der Waals surface area contributed by atoms with Crippen LogP contribution in [0.2, 0.25) is 0 Å². The van der Waals surface area contributed by atoms with Gasteiger partial charge in [0.05, 0.1) is 0 Å². The minimum absolute atomic E-state index is 0.556. The van der Waals surface area contributed by atoms with Crippen LogP contribution in [-0.2, 0) is 6.54 Å². The first-order valence-electron chi connectivity index (χ1n) is 4.29. The number of hydrogen-bond acceptors (Lipinski definition) is 2. The maximum absolute atomic E-state index is 5.84. The van der Waals surface area contributed by atoms with Crippen LogP contribution < -0.4 is 11.5 Å². The molecule has 0 fully saturated rings. The summed E-state index contributed by atoms with van der Waals surface area (Å²) in [6, 6.07) is 11.9. The third kappa shape index (κ3) is 1.25. The highest BCUT2D eigenvalue weighted by atomic mass is 14.6. The first kappa shape index (κ1) is 8.08. The lowest BCUT2D eigenvalue weighted by atomic mass is 10.0. The van der Waals surface area contributed by atoms with Gasteiger partial charge in [-0.15, -0.1) is 0 Å². The maximum atomic E-state index is 5.84. The Morgan fingerprint density at radius 3 is 2.31 bits per heavy atom. The molecule has 0 saturated heterocycles. The summed E-state index contributed by atoms with van der Waals surface area (Å²) in [5.74, 6) is 0. The molecule has 0 aliphatic heterocycles. The van der Waals surface area contributed by atoms with Crippen molar-refractivity contribution in [3.8, 4) is 0 Å². The highest BCUT2D eigenvalue weighted by molar-refractivity contribution is 5.95. The number of fused-ring (bicyclic) bond motifs is 1.